The Hall–Kier alpha value is -3.04. The summed E-state index contributed by atoms with van der Waals surface area (Å²) in [5.41, 5.74) is 0.508. The Morgan fingerprint density at radius 3 is 2.27 bits per heavy atom. The number of carbonyl (C=O) groups is 2. The molecule has 1 heterocycles. The van der Waals surface area contributed by atoms with Crippen LogP contribution in [0.5, 0.6) is 5.75 Å². The van der Waals surface area contributed by atoms with Gasteiger partial charge in [0.25, 0.3) is 0 Å². The lowest BCUT2D eigenvalue weighted by molar-refractivity contribution is -0.136. The SMILES string of the molecule is COC(=O)C1=C(CS(=O)(=O)c2ccc(Cl)cc2)NC(=O)N[C@@H]1c1ccc(OC)cc1. The fraction of sp³-hybridized carbons (Fsp3) is 0.200. The second kappa shape index (κ2) is 8.76. The van der Waals surface area contributed by atoms with Gasteiger partial charge in [-0.15, -0.1) is 0 Å². The maximum Gasteiger partial charge on any atom is 0.338 e. The van der Waals surface area contributed by atoms with Gasteiger partial charge in [0, 0.05) is 10.7 Å². The summed E-state index contributed by atoms with van der Waals surface area (Å²) in [5, 5.41) is 5.46. The van der Waals surface area contributed by atoms with Gasteiger partial charge in [0.15, 0.2) is 9.84 Å². The lowest BCUT2D eigenvalue weighted by Gasteiger charge is -2.29. The molecule has 0 aromatic heterocycles. The molecule has 2 aromatic rings. The zero-order valence-electron chi connectivity index (χ0n) is 16.1. The highest BCUT2D eigenvalue weighted by atomic mass is 35.5. The monoisotopic (exact) mass is 450 g/mol. The molecule has 158 valence electrons. The summed E-state index contributed by atoms with van der Waals surface area (Å²) in [7, 11) is -1.18. The lowest BCUT2D eigenvalue weighted by atomic mass is 9.95. The van der Waals surface area contributed by atoms with Crippen molar-refractivity contribution in [3.05, 3.63) is 70.4 Å². The van der Waals surface area contributed by atoms with E-state index in [1.54, 1.807) is 24.3 Å². The topological polar surface area (TPSA) is 111 Å². The molecule has 0 spiro atoms. The predicted octanol–water partition coefficient (Wildman–Crippen LogP) is 2.60. The minimum absolute atomic E-state index is 0.000180. The number of rotatable bonds is 6. The van der Waals surface area contributed by atoms with E-state index in [-0.39, 0.29) is 16.2 Å². The van der Waals surface area contributed by atoms with Crippen LogP contribution in [0.2, 0.25) is 5.02 Å². The lowest BCUT2D eigenvalue weighted by Crippen LogP contribution is -2.47. The van der Waals surface area contributed by atoms with Crippen LogP contribution in [0, 0.1) is 0 Å². The summed E-state index contributed by atoms with van der Waals surface area (Å²) in [6, 6.07) is 10.8. The highest BCUT2D eigenvalue weighted by Gasteiger charge is 2.35. The van der Waals surface area contributed by atoms with Crippen LogP contribution < -0.4 is 15.4 Å². The maximum absolute atomic E-state index is 12.9. The Morgan fingerprint density at radius 2 is 1.70 bits per heavy atom. The van der Waals surface area contributed by atoms with Gasteiger partial charge >= 0.3 is 12.0 Å². The predicted molar refractivity (Wildman–Crippen MR) is 110 cm³/mol. The summed E-state index contributed by atoms with van der Waals surface area (Å²) < 4.78 is 35.8. The first kappa shape index (κ1) is 21.7. The molecule has 1 aliphatic heterocycles. The van der Waals surface area contributed by atoms with Crippen molar-refractivity contribution in [2.75, 3.05) is 20.0 Å². The van der Waals surface area contributed by atoms with E-state index in [0.717, 1.165) is 0 Å². The van der Waals surface area contributed by atoms with E-state index in [4.69, 9.17) is 21.1 Å². The van der Waals surface area contributed by atoms with Gasteiger partial charge in [0.05, 0.1) is 36.5 Å². The fourth-order valence-corrected chi connectivity index (χ4v) is 4.50. The minimum Gasteiger partial charge on any atom is -0.497 e. The molecular weight excluding hydrogens is 432 g/mol. The fourth-order valence-electron chi connectivity index (χ4n) is 3.04. The van der Waals surface area contributed by atoms with Crippen molar-refractivity contribution in [1.29, 1.82) is 0 Å². The molecule has 0 unspecified atom stereocenters. The molecular formula is C20H19ClN2O6S. The second-order valence-electron chi connectivity index (χ2n) is 6.40. The summed E-state index contributed by atoms with van der Waals surface area (Å²) >= 11 is 5.83. The Labute approximate surface area is 178 Å². The standard InChI is InChI=1S/C20H19ClN2O6S/c1-28-14-7-3-12(4-8-14)18-17(19(24)29-2)16(22-20(25)23-18)11-30(26,27)15-9-5-13(21)6-10-15/h3-10,18H,11H2,1-2H3,(H2,22,23,25)/t18-/m1/s1. The van der Waals surface area contributed by atoms with Crippen LogP contribution in [0.4, 0.5) is 4.79 Å². The van der Waals surface area contributed by atoms with Crippen LogP contribution in [0.3, 0.4) is 0 Å². The minimum atomic E-state index is -3.88. The molecule has 0 radical (unpaired) electrons. The first-order chi connectivity index (χ1) is 14.2. The van der Waals surface area contributed by atoms with Crippen molar-refractivity contribution in [1.82, 2.24) is 10.6 Å². The van der Waals surface area contributed by atoms with Crippen LogP contribution in [0.1, 0.15) is 11.6 Å². The molecule has 1 aliphatic rings. The number of sulfone groups is 1. The smallest absolute Gasteiger partial charge is 0.338 e. The van der Waals surface area contributed by atoms with Crippen molar-refractivity contribution in [3.8, 4) is 5.75 Å². The number of methoxy groups -OCH3 is 2. The van der Waals surface area contributed by atoms with Gasteiger partial charge in [-0.25, -0.2) is 18.0 Å². The quantitative estimate of drug-likeness (QED) is 0.654. The number of benzene rings is 2. The molecule has 3 rings (SSSR count). The van der Waals surface area contributed by atoms with Gasteiger partial charge < -0.3 is 20.1 Å². The molecule has 0 fully saturated rings. The van der Waals surface area contributed by atoms with E-state index in [1.165, 1.54) is 38.5 Å². The van der Waals surface area contributed by atoms with Gasteiger partial charge in [0.2, 0.25) is 0 Å². The average Bonchev–Trinajstić information content (AvgIpc) is 2.73. The number of amides is 2. The Morgan fingerprint density at radius 1 is 1.07 bits per heavy atom. The third-order valence-electron chi connectivity index (χ3n) is 4.52. The molecule has 8 nitrogen and oxygen atoms in total. The van der Waals surface area contributed by atoms with Gasteiger partial charge in [-0.1, -0.05) is 23.7 Å². The van der Waals surface area contributed by atoms with E-state index in [2.05, 4.69) is 10.6 Å². The van der Waals surface area contributed by atoms with E-state index >= 15 is 0 Å². The molecule has 0 bridgehead atoms. The van der Waals surface area contributed by atoms with E-state index < -0.39 is 33.6 Å². The Kier molecular flexibility index (Phi) is 6.33. The molecule has 30 heavy (non-hydrogen) atoms. The van der Waals surface area contributed by atoms with Gasteiger partial charge in [-0.3, -0.25) is 0 Å². The summed E-state index contributed by atoms with van der Waals surface area (Å²) in [6.45, 7) is 0. The van der Waals surface area contributed by atoms with Crippen LogP contribution in [-0.4, -0.2) is 40.4 Å². The highest BCUT2D eigenvalue weighted by molar-refractivity contribution is 7.91. The number of nitrogens with one attached hydrogen (secondary N) is 2. The number of urea groups is 1. The van der Waals surface area contributed by atoms with Crippen molar-refractivity contribution < 1.29 is 27.5 Å². The number of halogens is 1. The molecule has 2 aromatic carbocycles. The molecule has 2 N–H and O–H groups in total. The first-order valence-corrected chi connectivity index (χ1v) is 10.8. The third-order valence-corrected chi connectivity index (χ3v) is 6.43. The van der Waals surface area contributed by atoms with Crippen LogP contribution >= 0.6 is 11.6 Å². The van der Waals surface area contributed by atoms with Crippen LogP contribution in [0.25, 0.3) is 0 Å². The average molecular weight is 451 g/mol. The number of hydrogen-bond acceptors (Lipinski definition) is 6. The normalized spacial score (nSPS) is 16.5. The van der Waals surface area contributed by atoms with Gasteiger partial charge in [-0.2, -0.15) is 0 Å². The molecule has 10 heteroatoms. The largest absolute Gasteiger partial charge is 0.497 e. The van der Waals surface area contributed by atoms with E-state index in [1.807, 2.05) is 0 Å². The van der Waals surface area contributed by atoms with Crippen molar-refractivity contribution in [3.63, 3.8) is 0 Å². The van der Waals surface area contributed by atoms with E-state index in [0.29, 0.717) is 16.3 Å². The summed E-state index contributed by atoms with van der Waals surface area (Å²) in [5.74, 6) is -0.767. The molecule has 1 atom stereocenters. The van der Waals surface area contributed by atoms with Crippen LogP contribution in [-0.2, 0) is 19.4 Å². The Balaban J connectivity index is 2.06. The third kappa shape index (κ3) is 4.58. The number of ether oxygens (including phenoxy) is 2. The van der Waals surface area contributed by atoms with Crippen LogP contribution in [0.15, 0.2) is 64.7 Å². The highest BCUT2D eigenvalue weighted by Crippen LogP contribution is 2.30. The summed E-state index contributed by atoms with van der Waals surface area (Å²) in [4.78, 5) is 24.8. The van der Waals surface area contributed by atoms with E-state index in [9.17, 15) is 18.0 Å². The number of carbonyl (C=O) groups excluding carboxylic acids is 2. The Bertz CT molecular complexity index is 1100. The maximum atomic E-state index is 12.9. The van der Waals surface area contributed by atoms with Gasteiger partial charge in [-0.05, 0) is 42.0 Å². The molecule has 0 saturated heterocycles. The van der Waals surface area contributed by atoms with Crippen molar-refractivity contribution in [2.45, 2.75) is 10.9 Å². The zero-order valence-corrected chi connectivity index (χ0v) is 17.7. The molecule has 0 saturated carbocycles. The summed E-state index contributed by atoms with van der Waals surface area (Å²) in [6.07, 6.45) is 0. The molecule has 0 aliphatic carbocycles. The number of hydrogen-bond donors (Lipinski definition) is 2. The molecule has 2 amide bonds. The number of esters is 1. The van der Waals surface area contributed by atoms with Crippen molar-refractivity contribution >= 4 is 33.4 Å². The second-order valence-corrected chi connectivity index (χ2v) is 8.83. The first-order valence-electron chi connectivity index (χ1n) is 8.76. The zero-order chi connectivity index (χ0) is 21.9. The van der Waals surface area contributed by atoms with Crippen molar-refractivity contribution in [2.24, 2.45) is 0 Å². The van der Waals surface area contributed by atoms with Gasteiger partial charge in [0.1, 0.15) is 5.75 Å².